The van der Waals surface area contributed by atoms with Crippen LogP contribution in [0.5, 0.6) is 11.8 Å². The summed E-state index contributed by atoms with van der Waals surface area (Å²) in [5.74, 6) is 1.76. The van der Waals surface area contributed by atoms with E-state index in [4.69, 9.17) is 9.47 Å². The average molecular weight is 552 g/mol. The molecule has 0 N–H and O–H groups in total. The van der Waals surface area contributed by atoms with Gasteiger partial charge in [0.2, 0.25) is 10.0 Å². The summed E-state index contributed by atoms with van der Waals surface area (Å²) in [6.45, 7) is 4.05. The fourth-order valence-electron chi connectivity index (χ4n) is 5.62. The molecule has 2 fully saturated rings. The van der Waals surface area contributed by atoms with Gasteiger partial charge in [0.05, 0.1) is 11.0 Å². The molecule has 1 aliphatic heterocycles. The number of rotatable bonds is 9. The summed E-state index contributed by atoms with van der Waals surface area (Å²) in [6.07, 6.45) is 12.3. The van der Waals surface area contributed by atoms with Gasteiger partial charge in [-0.2, -0.15) is 9.29 Å². The molecular weight excluding hydrogens is 514 g/mol. The molecule has 1 saturated carbocycles. The number of hydrogen-bond donors (Lipinski definition) is 0. The highest BCUT2D eigenvalue weighted by atomic mass is 32.2. The number of benzene rings is 1. The third kappa shape index (κ3) is 6.50. The Morgan fingerprint density at radius 2 is 1.72 bits per heavy atom. The van der Waals surface area contributed by atoms with Gasteiger partial charge < -0.3 is 14.4 Å². The van der Waals surface area contributed by atoms with E-state index >= 15 is 0 Å². The van der Waals surface area contributed by atoms with Crippen molar-refractivity contribution in [1.29, 1.82) is 0 Å². The SMILES string of the molecule is Cc1ccccc1S(=O)(=O)N(C)CCOc1nccc(N2CCC3(CCC(Oc4ccncc4)CC3)CC2)n1. The van der Waals surface area contributed by atoms with Crippen molar-refractivity contribution >= 4 is 15.8 Å². The lowest BCUT2D eigenvalue weighted by atomic mass is 9.67. The Bertz CT molecular complexity index is 1340. The van der Waals surface area contributed by atoms with Crippen LogP contribution in [-0.4, -0.2) is 67.1 Å². The van der Waals surface area contributed by atoms with E-state index in [1.807, 2.05) is 24.3 Å². The number of aryl methyl sites for hydroxylation is 1. The van der Waals surface area contributed by atoms with Crippen molar-refractivity contribution < 1.29 is 17.9 Å². The topological polar surface area (TPSA) is 97.8 Å². The van der Waals surface area contributed by atoms with Crippen molar-refractivity contribution in [2.75, 3.05) is 38.2 Å². The van der Waals surface area contributed by atoms with Gasteiger partial charge in [-0.15, -0.1) is 0 Å². The van der Waals surface area contributed by atoms with Crippen LogP contribution in [0.3, 0.4) is 0 Å². The van der Waals surface area contributed by atoms with Crippen LogP contribution in [0.25, 0.3) is 0 Å². The van der Waals surface area contributed by atoms with E-state index < -0.39 is 10.0 Å². The Labute approximate surface area is 231 Å². The molecule has 0 unspecified atom stereocenters. The summed E-state index contributed by atoms with van der Waals surface area (Å²) in [6, 6.07) is 13.0. The van der Waals surface area contributed by atoms with Crippen LogP contribution >= 0.6 is 0 Å². The summed E-state index contributed by atoms with van der Waals surface area (Å²) in [5, 5.41) is 0. The molecule has 0 radical (unpaired) electrons. The summed E-state index contributed by atoms with van der Waals surface area (Å²) in [7, 11) is -2.03. The molecule has 10 heteroatoms. The number of aromatic nitrogens is 3. The fourth-order valence-corrected chi connectivity index (χ4v) is 6.99. The van der Waals surface area contributed by atoms with E-state index in [9.17, 15) is 8.42 Å². The van der Waals surface area contributed by atoms with Crippen LogP contribution < -0.4 is 14.4 Å². The van der Waals surface area contributed by atoms with E-state index in [2.05, 4.69) is 19.9 Å². The second kappa shape index (κ2) is 11.9. The molecule has 1 aliphatic carbocycles. The number of anilines is 1. The van der Waals surface area contributed by atoms with Crippen molar-refractivity contribution in [2.24, 2.45) is 5.41 Å². The van der Waals surface area contributed by atoms with Crippen LogP contribution in [0.15, 0.2) is 66.0 Å². The quantitative estimate of drug-likeness (QED) is 0.384. The Morgan fingerprint density at radius 3 is 2.44 bits per heavy atom. The first-order valence-corrected chi connectivity index (χ1v) is 15.1. The molecule has 3 aromatic rings. The Kier molecular flexibility index (Phi) is 8.32. The molecule has 1 aromatic carbocycles. The highest BCUT2D eigenvalue weighted by Gasteiger charge is 2.39. The number of likely N-dealkylation sites (N-methyl/N-ethyl adjacent to an activating group) is 1. The Balaban J connectivity index is 1.10. The average Bonchev–Trinajstić information content (AvgIpc) is 2.96. The second-order valence-electron chi connectivity index (χ2n) is 10.6. The molecular formula is C29H37N5O4S. The molecule has 0 bridgehead atoms. The van der Waals surface area contributed by atoms with Crippen molar-refractivity contribution in [3.8, 4) is 11.8 Å². The first kappa shape index (κ1) is 27.3. The van der Waals surface area contributed by atoms with Crippen molar-refractivity contribution in [3.05, 3.63) is 66.6 Å². The smallest absolute Gasteiger partial charge is 0.318 e. The van der Waals surface area contributed by atoms with Crippen molar-refractivity contribution in [1.82, 2.24) is 19.3 Å². The Morgan fingerprint density at radius 1 is 1.00 bits per heavy atom. The minimum Gasteiger partial charge on any atom is -0.490 e. The Hall–Kier alpha value is -3.24. The van der Waals surface area contributed by atoms with Crippen LogP contribution in [0.2, 0.25) is 0 Å². The van der Waals surface area contributed by atoms with Gasteiger partial charge in [0, 0.05) is 45.3 Å². The van der Waals surface area contributed by atoms with Crippen molar-refractivity contribution in [3.63, 3.8) is 0 Å². The van der Waals surface area contributed by atoms with Crippen LogP contribution in [-0.2, 0) is 10.0 Å². The molecule has 3 heterocycles. The molecule has 2 aliphatic rings. The first-order chi connectivity index (χ1) is 18.8. The number of hydrogen-bond acceptors (Lipinski definition) is 8. The molecule has 1 spiro atoms. The van der Waals surface area contributed by atoms with Crippen LogP contribution in [0, 0.1) is 12.3 Å². The van der Waals surface area contributed by atoms with Crippen molar-refractivity contribution in [2.45, 2.75) is 56.4 Å². The molecule has 0 amide bonds. The monoisotopic (exact) mass is 551 g/mol. The highest BCUT2D eigenvalue weighted by molar-refractivity contribution is 7.89. The maximum atomic E-state index is 12.9. The van der Waals surface area contributed by atoms with Gasteiger partial charge in [0.1, 0.15) is 18.2 Å². The van der Waals surface area contributed by atoms with E-state index in [1.165, 1.54) is 17.1 Å². The fraction of sp³-hybridized carbons (Fsp3) is 0.483. The summed E-state index contributed by atoms with van der Waals surface area (Å²) in [5.41, 5.74) is 1.10. The van der Waals surface area contributed by atoms with Crippen LogP contribution in [0.4, 0.5) is 5.82 Å². The maximum Gasteiger partial charge on any atom is 0.318 e. The standard InChI is InChI=1S/C29H37N5O4S/c1-23-5-3-4-6-26(23)39(35,36)33(2)21-22-37-28-31-18-11-27(32-28)34-19-14-29(15-20-34)12-7-24(8-13-29)38-25-9-16-30-17-10-25/h3-6,9-11,16-18,24H,7-8,12-15,19-22H2,1-2H3. The van der Waals surface area contributed by atoms with Gasteiger partial charge in [0.15, 0.2) is 0 Å². The van der Waals surface area contributed by atoms with E-state index in [-0.39, 0.29) is 25.3 Å². The van der Waals surface area contributed by atoms with Gasteiger partial charge in [-0.05, 0) is 80.7 Å². The summed E-state index contributed by atoms with van der Waals surface area (Å²) < 4.78 is 39.1. The number of piperidine rings is 1. The summed E-state index contributed by atoms with van der Waals surface area (Å²) in [4.78, 5) is 15.5. The van der Waals surface area contributed by atoms with E-state index in [1.54, 1.807) is 50.8 Å². The predicted molar refractivity (Wildman–Crippen MR) is 150 cm³/mol. The lowest BCUT2D eigenvalue weighted by Gasteiger charge is -2.46. The van der Waals surface area contributed by atoms with Gasteiger partial charge in [0.25, 0.3) is 0 Å². The van der Waals surface area contributed by atoms with Gasteiger partial charge in [-0.3, -0.25) is 4.98 Å². The lowest BCUT2D eigenvalue weighted by molar-refractivity contribution is 0.0615. The van der Waals surface area contributed by atoms with Crippen LogP contribution in [0.1, 0.15) is 44.1 Å². The number of pyridine rings is 1. The molecule has 39 heavy (non-hydrogen) atoms. The minimum absolute atomic E-state index is 0.164. The number of nitrogens with zero attached hydrogens (tertiary/aromatic N) is 5. The largest absolute Gasteiger partial charge is 0.490 e. The zero-order chi connectivity index (χ0) is 27.3. The second-order valence-corrected chi connectivity index (χ2v) is 12.6. The van der Waals surface area contributed by atoms with Gasteiger partial charge in [-0.25, -0.2) is 13.4 Å². The number of ether oxygens (including phenoxy) is 2. The summed E-state index contributed by atoms with van der Waals surface area (Å²) >= 11 is 0. The normalized spacial score (nSPS) is 17.9. The molecule has 208 valence electrons. The predicted octanol–water partition coefficient (Wildman–Crippen LogP) is 4.49. The molecule has 9 nitrogen and oxygen atoms in total. The molecule has 2 aromatic heterocycles. The van der Waals surface area contributed by atoms with E-state index in [0.717, 1.165) is 55.9 Å². The third-order valence-electron chi connectivity index (χ3n) is 8.13. The zero-order valence-corrected chi connectivity index (χ0v) is 23.5. The van der Waals surface area contributed by atoms with Gasteiger partial charge >= 0.3 is 6.01 Å². The molecule has 0 atom stereocenters. The van der Waals surface area contributed by atoms with Gasteiger partial charge in [-0.1, -0.05) is 18.2 Å². The zero-order valence-electron chi connectivity index (χ0n) is 22.7. The molecule has 1 saturated heterocycles. The first-order valence-electron chi connectivity index (χ1n) is 13.6. The maximum absolute atomic E-state index is 12.9. The highest BCUT2D eigenvalue weighted by Crippen LogP contribution is 2.45. The minimum atomic E-state index is -3.59. The number of sulfonamides is 1. The lowest BCUT2D eigenvalue weighted by Crippen LogP contribution is -2.43. The third-order valence-corrected chi connectivity index (χ3v) is 10.1. The molecule has 5 rings (SSSR count). The van der Waals surface area contributed by atoms with E-state index in [0.29, 0.717) is 10.3 Å².